The Labute approximate surface area is 112 Å². The Morgan fingerprint density at radius 3 is 2.74 bits per heavy atom. The lowest BCUT2D eigenvalue weighted by atomic mass is 9.95. The highest BCUT2D eigenvalue weighted by Crippen LogP contribution is 2.41. The van der Waals surface area contributed by atoms with Gasteiger partial charge in [-0.3, -0.25) is 0 Å². The molecule has 1 aromatic carbocycles. The second-order valence-corrected chi connectivity index (χ2v) is 5.99. The minimum atomic E-state index is -0.776. The summed E-state index contributed by atoms with van der Waals surface area (Å²) in [7, 11) is 0. The zero-order valence-electron chi connectivity index (χ0n) is 11.3. The largest absolute Gasteiger partial charge is 0.370 e. The standard InChI is InChI=1S/C15H20F2N2/c1-15(11-3-4-11)10-19(8-2-7-18-15)12-5-6-13(16)14(17)9-12/h5-6,9,11,18H,2-4,7-8,10H2,1H3. The average Bonchev–Trinajstić information content (AvgIpc) is 3.19. The fourth-order valence-electron chi connectivity index (χ4n) is 3.07. The highest BCUT2D eigenvalue weighted by atomic mass is 19.2. The van der Waals surface area contributed by atoms with Crippen LogP contribution in [0.5, 0.6) is 0 Å². The maximum atomic E-state index is 13.4. The van der Waals surface area contributed by atoms with E-state index in [1.807, 2.05) is 0 Å². The molecule has 1 N–H and O–H groups in total. The highest BCUT2D eigenvalue weighted by molar-refractivity contribution is 5.47. The molecule has 1 saturated carbocycles. The predicted octanol–water partition coefficient (Wildman–Crippen LogP) is 2.93. The molecule has 4 heteroatoms. The third-order valence-electron chi connectivity index (χ3n) is 4.40. The van der Waals surface area contributed by atoms with Gasteiger partial charge in [-0.05, 0) is 50.8 Å². The predicted molar refractivity (Wildman–Crippen MR) is 72.3 cm³/mol. The van der Waals surface area contributed by atoms with Gasteiger partial charge in [0.05, 0.1) is 0 Å². The van der Waals surface area contributed by atoms with E-state index in [9.17, 15) is 8.78 Å². The third-order valence-corrected chi connectivity index (χ3v) is 4.40. The van der Waals surface area contributed by atoms with E-state index < -0.39 is 11.6 Å². The molecular weight excluding hydrogens is 246 g/mol. The minimum Gasteiger partial charge on any atom is -0.370 e. The summed E-state index contributed by atoms with van der Waals surface area (Å²) >= 11 is 0. The molecule has 2 nitrogen and oxygen atoms in total. The van der Waals surface area contributed by atoms with E-state index in [-0.39, 0.29) is 5.54 Å². The van der Waals surface area contributed by atoms with Crippen LogP contribution in [0.25, 0.3) is 0 Å². The van der Waals surface area contributed by atoms with Crippen molar-refractivity contribution in [3.8, 4) is 0 Å². The van der Waals surface area contributed by atoms with Crippen LogP contribution >= 0.6 is 0 Å². The van der Waals surface area contributed by atoms with E-state index in [4.69, 9.17) is 0 Å². The fraction of sp³-hybridized carbons (Fsp3) is 0.600. The van der Waals surface area contributed by atoms with Crippen LogP contribution in [0.1, 0.15) is 26.2 Å². The van der Waals surface area contributed by atoms with Crippen LogP contribution in [0.2, 0.25) is 0 Å². The number of nitrogens with one attached hydrogen (secondary N) is 1. The molecule has 1 unspecified atom stereocenters. The van der Waals surface area contributed by atoms with Gasteiger partial charge in [0.1, 0.15) is 0 Å². The van der Waals surface area contributed by atoms with E-state index in [1.54, 1.807) is 6.07 Å². The van der Waals surface area contributed by atoms with Crippen LogP contribution in [0.3, 0.4) is 0 Å². The summed E-state index contributed by atoms with van der Waals surface area (Å²) in [5.74, 6) is -0.817. The highest BCUT2D eigenvalue weighted by Gasteiger charge is 2.43. The van der Waals surface area contributed by atoms with Gasteiger partial charge in [0.15, 0.2) is 11.6 Å². The van der Waals surface area contributed by atoms with Gasteiger partial charge < -0.3 is 10.2 Å². The monoisotopic (exact) mass is 266 g/mol. The van der Waals surface area contributed by atoms with Crippen LogP contribution in [0.15, 0.2) is 18.2 Å². The van der Waals surface area contributed by atoms with Gasteiger partial charge in [-0.2, -0.15) is 0 Å². The molecule has 0 aromatic heterocycles. The molecular formula is C15H20F2N2. The van der Waals surface area contributed by atoms with Crippen LogP contribution in [0.4, 0.5) is 14.5 Å². The quantitative estimate of drug-likeness (QED) is 0.885. The molecule has 19 heavy (non-hydrogen) atoms. The normalized spacial score (nSPS) is 28.3. The first-order valence-corrected chi connectivity index (χ1v) is 7.03. The number of hydrogen-bond donors (Lipinski definition) is 1. The Hall–Kier alpha value is -1.16. The van der Waals surface area contributed by atoms with Crippen molar-refractivity contribution in [3.05, 3.63) is 29.8 Å². The maximum absolute atomic E-state index is 13.4. The summed E-state index contributed by atoms with van der Waals surface area (Å²) in [5, 5.41) is 3.64. The second-order valence-electron chi connectivity index (χ2n) is 5.99. The van der Waals surface area contributed by atoms with Crippen molar-refractivity contribution in [2.24, 2.45) is 5.92 Å². The number of hydrogen-bond acceptors (Lipinski definition) is 2. The Balaban J connectivity index is 1.83. The maximum Gasteiger partial charge on any atom is 0.160 e. The topological polar surface area (TPSA) is 15.3 Å². The third kappa shape index (κ3) is 2.59. The van der Waals surface area contributed by atoms with Crippen molar-refractivity contribution in [2.45, 2.75) is 31.7 Å². The Kier molecular flexibility index (Phi) is 3.21. The van der Waals surface area contributed by atoms with Gasteiger partial charge in [0.25, 0.3) is 0 Å². The molecule has 1 saturated heterocycles. The SMILES string of the molecule is CC1(C2CC2)CN(c2ccc(F)c(F)c2)CCCN1. The van der Waals surface area contributed by atoms with Gasteiger partial charge in [-0.25, -0.2) is 8.78 Å². The van der Waals surface area contributed by atoms with Crippen molar-refractivity contribution in [3.63, 3.8) is 0 Å². The fourth-order valence-corrected chi connectivity index (χ4v) is 3.07. The first-order valence-electron chi connectivity index (χ1n) is 7.03. The number of nitrogens with zero attached hydrogens (tertiary/aromatic N) is 1. The van der Waals surface area contributed by atoms with Gasteiger partial charge in [0, 0.05) is 30.4 Å². The smallest absolute Gasteiger partial charge is 0.160 e. The van der Waals surface area contributed by atoms with Crippen LogP contribution in [0, 0.1) is 17.6 Å². The van der Waals surface area contributed by atoms with Crippen LogP contribution in [-0.2, 0) is 0 Å². The summed E-state index contributed by atoms with van der Waals surface area (Å²) in [6.07, 6.45) is 3.57. The summed E-state index contributed by atoms with van der Waals surface area (Å²) < 4.78 is 26.4. The van der Waals surface area contributed by atoms with E-state index in [1.165, 1.54) is 25.0 Å². The summed E-state index contributed by atoms with van der Waals surface area (Å²) in [6, 6.07) is 4.21. The number of halogens is 2. The molecule has 1 atom stereocenters. The first-order chi connectivity index (χ1) is 9.08. The molecule has 2 aliphatic rings. The lowest BCUT2D eigenvalue weighted by molar-refractivity contribution is 0.331. The van der Waals surface area contributed by atoms with Crippen molar-refractivity contribution >= 4 is 5.69 Å². The van der Waals surface area contributed by atoms with E-state index in [2.05, 4.69) is 17.1 Å². The van der Waals surface area contributed by atoms with Crippen molar-refractivity contribution in [2.75, 3.05) is 24.5 Å². The molecule has 0 amide bonds. The molecule has 1 heterocycles. The molecule has 1 aliphatic carbocycles. The molecule has 0 spiro atoms. The van der Waals surface area contributed by atoms with Gasteiger partial charge in [0.2, 0.25) is 0 Å². The van der Waals surface area contributed by atoms with E-state index in [0.717, 1.165) is 37.7 Å². The van der Waals surface area contributed by atoms with E-state index >= 15 is 0 Å². The van der Waals surface area contributed by atoms with Crippen molar-refractivity contribution in [1.29, 1.82) is 0 Å². The summed E-state index contributed by atoms with van der Waals surface area (Å²) in [6.45, 7) is 5.00. The lowest BCUT2D eigenvalue weighted by Crippen LogP contribution is -2.51. The number of anilines is 1. The van der Waals surface area contributed by atoms with Crippen LogP contribution < -0.4 is 10.2 Å². The van der Waals surface area contributed by atoms with Gasteiger partial charge in [-0.15, -0.1) is 0 Å². The van der Waals surface area contributed by atoms with Crippen molar-refractivity contribution < 1.29 is 8.78 Å². The summed E-state index contributed by atoms with van der Waals surface area (Å²) in [5.41, 5.74) is 0.885. The van der Waals surface area contributed by atoms with E-state index in [0.29, 0.717) is 0 Å². The molecule has 1 aromatic rings. The Bertz CT molecular complexity index is 473. The molecule has 0 radical (unpaired) electrons. The summed E-state index contributed by atoms with van der Waals surface area (Å²) in [4.78, 5) is 2.18. The zero-order valence-corrected chi connectivity index (χ0v) is 11.3. The van der Waals surface area contributed by atoms with Gasteiger partial charge >= 0.3 is 0 Å². The molecule has 2 fully saturated rings. The lowest BCUT2D eigenvalue weighted by Gasteiger charge is -2.35. The molecule has 0 bridgehead atoms. The number of rotatable bonds is 2. The Morgan fingerprint density at radius 1 is 1.26 bits per heavy atom. The van der Waals surface area contributed by atoms with Crippen molar-refractivity contribution in [1.82, 2.24) is 5.32 Å². The zero-order chi connectivity index (χ0) is 13.5. The molecule has 1 aliphatic heterocycles. The number of benzene rings is 1. The van der Waals surface area contributed by atoms with Gasteiger partial charge in [-0.1, -0.05) is 0 Å². The second kappa shape index (κ2) is 4.75. The first kappa shape index (κ1) is 12.9. The average molecular weight is 266 g/mol. The Morgan fingerprint density at radius 2 is 2.05 bits per heavy atom. The molecule has 104 valence electrons. The molecule has 3 rings (SSSR count). The minimum absolute atomic E-state index is 0.0986. The van der Waals surface area contributed by atoms with Crippen LogP contribution in [-0.4, -0.2) is 25.2 Å².